The zero-order valence-electron chi connectivity index (χ0n) is 7.38. The molecule has 1 aromatic rings. The summed E-state index contributed by atoms with van der Waals surface area (Å²) in [6.07, 6.45) is 6.39. The van der Waals surface area contributed by atoms with Crippen LogP contribution in [0.25, 0.3) is 0 Å². The Hall–Kier alpha value is 0.210. The molecule has 0 atom stereocenters. The van der Waals surface area contributed by atoms with Crippen molar-refractivity contribution in [3.05, 3.63) is 15.6 Å². The zero-order valence-corrected chi connectivity index (χ0v) is 9.77. The minimum Gasteiger partial charge on any atom is -0.245 e. The Balaban J connectivity index is 0.000000845. The number of hydrogen-bond donors (Lipinski definition) is 0. The van der Waals surface area contributed by atoms with Crippen LogP contribution in [0.1, 0.15) is 34.8 Å². The van der Waals surface area contributed by atoms with Crippen LogP contribution in [0.4, 0.5) is 0 Å². The normalized spacial score (nSPS) is 15.8. The van der Waals surface area contributed by atoms with Gasteiger partial charge in [0.25, 0.3) is 0 Å². The van der Waals surface area contributed by atoms with Gasteiger partial charge in [-0.05, 0) is 25.7 Å². The van der Waals surface area contributed by atoms with Gasteiger partial charge in [-0.1, -0.05) is 6.42 Å². The Bertz CT molecular complexity index is 249. The number of halogens is 2. The molecule has 0 aliphatic heterocycles. The first-order valence-electron chi connectivity index (χ1n) is 4.43. The lowest BCUT2D eigenvalue weighted by Crippen LogP contribution is -1.86. The lowest BCUT2D eigenvalue weighted by Gasteiger charge is -1.90. The second-order valence-corrected chi connectivity index (χ2v) is 4.61. The summed E-state index contributed by atoms with van der Waals surface area (Å²) >= 11 is 7.54. The van der Waals surface area contributed by atoms with E-state index in [0.29, 0.717) is 5.88 Å². The van der Waals surface area contributed by atoms with Crippen LogP contribution < -0.4 is 0 Å². The number of aryl methyl sites for hydroxylation is 2. The Kier molecular flexibility index (Phi) is 4.50. The van der Waals surface area contributed by atoms with Gasteiger partial charge in [0, 0.05) is 4.88 Å². The number of nitrogens with zero attached hydrogens (tertiary/aromatic N) is 1. The summed E-state index contributed by atoms with van der Waals surface area (Å²) in [4.78, 5) is 6.00. The molecular formula is C9H13Cl2NS. The highest BCUT2D eigenvalue weighted by atomic mass is 35.5. The molecular weight excluding hydrogens is 225 g/mol. The molecule has 1 aliphatic carbocycles. The second kappa shape index (κ2) is 5.18. The number of thiazole rings is 1. The molecule has 0 radical (unpaired) electrons. The van der Waals surface area contributed by atoms with Crippen molar-refractivity contribution in [1.82, 2.24) is 4.98 Å². The summed E-state index contributed by atoms with van der Waals surface area (Å²) in [6.45, 7) is 0. The first kappa shape index (κ1) is 11.3. The zero-order chi connectivity index (χ0) is 8.39. The van der Waals surface area contributed by atoms with E-state index in [1.807, 2.05) is 0 Å². The Morgan fingerprint density at radius 1 is 1.23 bits per heavy atom. The van der Waals surface area contributed by atoms with Crippen LogP contribution in [-0.2, 0) is 18.7 Å². The average Bonchev–Trinajstić information content (AvgIpc) is 2.37. The van der Waals surface area contributed by atoms with Gasteiger partial charge in [0.2, 0.25) is 0 Å². The summed E-state index contributed by atoms with van der Waals surface area (Å²) in [5, 5.41) is 1.10. The van der Waals surface area contributed by atoms with Crippen LogP contribution in [0.2, 0.25) is 0 Å². The molecule has 1 aliphatic rings. The van der Waals surface area contributed by atoms with Crippen LogP contribution in [0.5, 0.6) is 0 Å². The number of alkyl halides is 1. The molecule has 0 saturated carbocycles. The van der Waals surface area contributed by atoms with Crippen molar-refractivity contribution < 1.29 is 0 Å². The maximum Gasteiger partial charge on any atom is 0.108 e. The SMILES string of the molecule is Cl.ClCc1nc2c(s1)CCCCC2. The fraction of sp³-hybridized carbons (Fsp3) is 0.667. The Morgan fingerprint density at radius 2 is 2.00 bits per heavy atom. The van der Waals surface area contributed by atoms with E-state index in [9.17, 15) is 0 Å². The fourth-order valence-corrected chi connectivity index (χ4v) is 2.87. The van der Waals surface area contributed by atoms with Gasteiger partial charge >= 0.3 is 0 Å². The minimum absolute atomic E-state index is 0. The van der Waals surface area contributed by atoms with E-state index in [1.54, 1.807) is 11.3 Å². The molecule has 0 N–H and O–H groups in total. The molecule has 0 saturated heterocycles. The standard InChI is InChI=1S/C9H12ClNS.ClH/c10-6-9-11-7-4-2-1-3-5-8(7)12-9;/h1-6H2;1H. The van der Waals surface area contributed by atoms with Crippen molar-refractivity contribution in [2.75, 3.05) is 0 Å². The highest BCUT2D eigenvalue weighted by Gasteiger charge is 2.12. The Labute approximate surface area is 93.9 Å². The van der Waals surface area contributed by atoms with Crippen LogP contribution in [-0.4, -0.2) is 4.98 Å². The van der Waals surface area contributed by atoms with Crippen LogP contribution in [0.15, 0.2) is 0 Å². The summed E-state index contributed by atoms with van der Waals surface area (Å²) in [5.74, 6) is 0.581. The van der Waals surface area contributed by atoms with Crippen LogP contribution in [0.3, 0.4) is 0 Å². The van der Waals surface area contributed by atoms with Gasteiger partial charge in [-0.2, -0.15) is 0 Å². The summed E-state index contributed by atoms with van der Waals surface area (Å²) < 4.78 is 0. The summed E-state index contributed by atoms with van der Waals surface area (Å²) in [6, 6.07) is 0. The van der Waals surface area contributed by atoms with Crippen LogP contribution >= 0.6 is 35.3 Å². The predicted molar refractivity (Wildman–Crippen MR) is 60.2 cm³/mol. The quantitative estimate of drug-likeness (QED) is 0.538. The van der Waals surface area contributed by atoms with Crippen molar-refractivity contribution >= 4 is 35.3 Å². The molecule has 1 nitrogen and oxygen atoms in total. The van der Waals surface area contributed by atoms with E-state index in [0.717, 1.165) is 5.01 Å². The van der Waals surface area contributed by atoms with Gasteiger partial charge < -0.3 is 0 Å². The third-order valence-corrected chi connectivity index (χ3v) is 3.82. The van der Waals surface area contributed by atoms with E-state index in [-0.39, 0.29) is 12.4 Å². The van der Waals surface area contributed by atoms with Gasteiger partial charge in [0.05, 0.1) is 11.6 Å². The molecule has 74 valence electrons. The highest BCUT2D eigenvalue weighted by Crippen LogP contribution is 2.26. The third-order valence-electron chi connectivity index (χ3n) is 2.25. The minimum atomic E-state index is 0. The number of aromatic nitrogens is 1. The van der Waals surface area contributed by atoms with Crippen molar-refractivity contribution in [2.24, 2.45) is 0 Å². The molecule has 13 heavy (non-hydrogen) atoms. The third kappa shape index (κ3) is 2.58. The van der Waals surface area contributed by atoms with Crippen molar-refractivity contribution in [3.63, 3.8) is 0 Å². The van der Waals surface area contributed by atoms with E-state index < -0.39 is 0 Å². The first-order valence-corrected chi connectivity index (χ1v) is 5.78. The first-order chi connectivity index (χ1) is 5.90. The smallest absolute Gasteiger partial charge is 0.108 e. The second-order valence-electron chi connectivity index (χ2n) is 3.17. The van der Waals surface area contributed by atoms with Gasteiger partial charge in [0.1, 0.15) is 5.01 Å². The molecule has 0 spiro atoms. The molecule has 1 heterocycles. The average molecular weight is 238 g/mol. The Morgan fingerprint density at radius 3 is 2.77 bits per heavy atom. The molecule has 0 unspecified atom stereocenters. The number of hydrogen-bond acceptors (Lipinski definition) is 2. The van der Waals surface area contributed by atoms with Crippen molar-refractivity contribution in [2.45, 2.75) is 38.0 Å². The maximum atomic E-state index is 5.74. The molecule has 2 rings (SSSR count). The van der Waals surface area contributed by atoms with E-state index in [2.05, 4.69) is 4.98 Å². The van der Waals surface area contributed by atoms with Crippen molar-refractivity contribution in [3.8, 4) is 0 Å². The van der Waals surface area contributed by atoms with Gasteiger partial charge in [-0.25, -0.2) is 4.98 Å². The molecule has 4 heteroatoms. The monoisotopic (exact) mass is 237 g/mol. The number of fused-ring (bicyclic) bond motifs is 1. The molecule has 1 aromatic heterocycles. The van der Waals surface area contributed by atoms with E-state index >= 15 is 0 Å². The highest BCUT2D eigenvalue weighted by molar-refractivity contribution is 7.11. The van der Waals surface area contributed by atoms with Gasteiger partial charge in [0.15, 0.2) is 0 Å². The lowest BCUT2D eigenvalue weighted by atomic mass is 10.2. The van der Waals surface area contributed by atoms with E-state index in [1.165, 1.54) is 42.7 Å². The van der Waals surface area contributed by atoms with E-state index in [4.69, 9.17) is 11.6 Å². The van der Waals surface area contributed by atoms with Gasteiger partial charge in [-0.15, -0.1) is 35.3 Å². The topological polar surface area (TPSA) is 12.9 Å². The molecule has 0 fully saturated rings. The van der Waals surface area contributed by atoms with Gasteiger partial charge in [-0.3, -0.25) is 0 Å². The fourth-order valence-electron chi connectivity index (χ4n) is 1.64. The molecule has 0 amide bonds. The summed E-state index contributed by atoms with van der Waals surface area (Å²) in [7, 11) is 0. The molecule has 0 aromatic carbocycles. The maximum absolute atomic E-state index is 5.74. The number of rotatable bonds is 1. The predicted octanol–water partition coefficient (Wildman–Crippen LogP) is 3.57. The van der Waals surface area contributed by atoms with Crippen LogP contribution in [0, 0.1) is 0 Å². The summed E-state index contributed by atoms with van der Waals surface area (Å²) in [5.41, 5.74) is 1.33. The lowest BCUT2D eigenvalue weighted by molar-refractivity contribution is 0.708. The van der Waals surface area contributed by atoms with Crippen molar-refractivity contribution in [1.29, 1.82) is 0 Å². The molecule has 0 bridgehead atoms. The largest absolute Gasteiger partial charge is 0.245 e.